The molecule has 0 aromatic rings. The molecule has 0 saturated carbocycles. The molecule has 0 amide bonds. The first-order valence-electron chi connectivity index (χ1n) is 5.92. The lowest BCUT2D eigenvalue weighted by Gasteiger charge is -2.23. The Labute approximate surface area is 96.5 Å². The van der Waals surface area contributed by atoms with Gasteiger partial charge in [0.15, 0.2) is 0 Å². The van der Waals surface area contributed by atoms with Gasteiger partial charge in [0.05, 0.1) is 0 Å². The Morgan fingerprint density at radius 1 is 1.20 bits per heavy atom. The Bertz CT molecular complexity index is 165. The van der Waals surface area contributed by atoms with Crippen LogP contribution < -0.4 is 0 Å². The van der Waals surface area contributed by atoms with Gasteiger partial charge in [-0.3, -0.25) is 0 Å². The van der Waals surface area contributed by atoms with Crippen molar-refractivity contribution in [3.63, 3.8) is 0 Å². The Kier molecular flexibility index (Phi) is 9.05. The molecule has 0 saturated heterocycles. The molecule has 0 aromatic heterocycles. The maximum atomic E-state index is 5.74. The van der Waals surface area contributed by atoms with E-state index < -0.39 is 9.28 Å². The molecular formula is C12H25O2Si. The highest BCUT2D eigenvalue weighted by molar-refractivity contribution is 6.46. The van der Waals surface area contributed by atoms with Crippen LogP contribution in [0.15, 0.2) is 12.2 Å². The predicted octanol–water partition coefficient (Wildman–Crippen LogP) is 3.68. The van der Waals surface area contributed by atoms with Gasteiger partial charge in [-0.15, -0.1) is 6.58 Å². The van der Waals surface area contributed by atoms with Crippen LogP contribution in [0.5, 0.6) is 0 Å². The van der Waals surface area contributed by atoms with Crippen molar-refractivity contribution in [3.8, 4) is 0 Å². The van der Waals surface area contributed by atoms with Gasteiger partial charge < -0.3 is 8.85 Å². The molecule has 0 N–H and O–H groups in total. The summed E-state index contributed by atoms with van der Waals surface area (Å²) in [6.07, 6.45) is 3.41. The summed E-state index contributed by atoms with van der Waals surface area (Å²) in [4.78, 5) is 0. The van der Waals surface area contributed by atoms with Crippen molar-refractivity contribution in [3.05, 3.63) is 12.2 Å². The molecule has 0 rings (SSSR count). The zero-order chi connectivity index (χ0) is 11.7. The second kappa shape index (κ2) is 9.13. The maximum Gasteiger partial charge on any atom is 0.388 e. The second-order valence-corrected chi connectivity index (χ2v) is 5.86. The molecule has 3 heteroatoms. The molecule has 0 spiro atoms. The van der Waals surface area contributed by atoms with E-state index in [1.165, 1.54) is 18.4 Å². The molecule has 2 nitrogen and oxygen atoms in total. The van der Waals surface area contributed by atoms with Crippen LogP contribution in [0.1, 0.15) is 47.0 Å². The first-order valence-corrected chi connectivity index (χ1v) is 7.31. The van der Waals surface area contributed by atoms with Crippen LogP contribution in [0.4, 0.5) is 0 Å². The first-order chi connectivity index (χ1) is 7.15. The Hall–Kier alpha value is -0.123. The standard InChI is InChI=1S/C12H25O2Si/c1-6-9-12(10-11(4)5)15(13-7-2)14-8-3/h12H,4,6-10H2,1-3,5H3. The van der Waals surface area contributed by atoms with Crippen LogP contribution in [0.25, 0.3) is 0 Å². The van der Waals surface area contributed by atoms with E-state index in [0.717, 1.165) is 19.6 Å². The number of hydrogen-bond acceptors (Lipinski definition) is 2. The topological polar surface area (TPSA) is 18.5 Å². The van der Waals surface area contributed by atoms with E-state index in [1.54, 1.807) is 0 Å². The van der Waals surface area contributed by atoms with Crippen molar-refractivity contribution in [2.75, 3.05) is 13.2 Å². The first kappa shape index (κ1) is 14.9. The molecule has 0 aromatic carbocycles. The van der Waals surface area contributed by atoms with E-state index in [0.29, 0.717) is 5.54 Å². The highest BCUT2D eigenvalue weighted by atomic mass is 28.3. The van der Waals surface area contributed by atoms with Gasteiger partial charge in [0.2, 0.25) is 0 Å². The van der Waals surface area contributed by atoms with Gasteiger partial charge >= 0.3 is 9.28 Å². The van der Waals surface area contributed by atoms with Gasteiger partial charge in [-0.1, -0.05) is 18.9 Å². The predicted molar refractivity (Wildman–Crippen MR) is 67.1 cm³/mol. The largest absolute Gasteiger partial charge is 0.393 e. The second-order valence-electron chi connectivity index (χ2n) is 3.83. The zero-order valence-corrected chi connectivity index (χ0v) is 11.6. The molecule has 0 heterocycles. The van der Waals surface area contributed by atoms with E-state index in [9.17, 15) is 0 Å². The minimum atomic E-state index is -1.10. The van der Waals surface area contributed by atoms with Gasteiger partial charge in [0, 0.05) is 18.8 Å². The Morgan fingerprint density at radius 2 is 1.73 bits per heavy atom. The zero-order valence-electron chi connectivity index (χ0n) is 10.6. The van der Waals surface area contributed by atoms with E-state index >= 15 is 0 Å². The summed E-state index contributed by atoms with van der Waals surface area (Å²) in [6.45, 7) is 13.9. The number of hydrogen-bond donors (Lipinski definition) is 0. The smallest absolute Gasteiger partial charge is 0.388 e. The third kappa shape index (κ3) is 6.87. The lowest BCUT2D eigenvalue weighted by atomic mass is 10.1. The fourth-order valence-corrected chi connectivity index (χ4v) is 3.80. The van der Waals surface area contributed by atoms with Crippen LogP contribution >= 0.6 is 0 Å². The normalized spacial score (nSPS) is 13.1. The summed E-state index contributed by atoms with van der Waals surface area (Å²) in [6, 6.07) is 0. The molecule has 0 aliphatic heterocycles. The lowest BCUT2D eigenvalue weighted by Crippen LogP contribution is -2.29. The van der Waals surface area contributed by atoms with E-state index in [2.05, 4.69) is 20.4 Å². The van der Waals surface area contributed by atoms with Crippen molar-refractivity contribution < 1.29 is 8.85 Å². The summed E-state index contributed by atoms with van der Waals surface area (Å²) in [5, 5.41) is 0. The van der Waals surface area contributed by atoms with Crippen molar-refractivity contribution in [1.29, 1.82) is 0 Å². The maximum absolute atomic E-state index is 5.74. The molecular weight excluding hydrogens is 204 g/mol. The number of rotatable bonds is 9. The van der Waals surface area contributed by atoms with E-state index in [4.69, 9.17) is 8.85 Å². The fourth-order valence-electron chi connectivity index (χ4n) is 1.63. The molecule has 1 atom stereocenters. The van der Waals surface area contributed by atoms with Gasteiger partial charge in [0.25, 0.3) is 0 Å². The summed E-state index contributed by atoms with van der Waals surface area (Å²) in [5.41, 5.74) is 1.78. The van der Waals surface area contributed by atoms with Gasteiger partial charge in [-0.2, -0.15) is 0 Å². The van der Waals surface area contributed by atoms with E-state index in [1.807, 2.05) is 13.8 Å². The molecule has 0 aliphatic carbocycles. The molecule has 0 bridgehead atoms. The van der Waals surface area contributed by atoms with Crippen molar-refractivity contribution >= 4 is 9.28 Å². The molecule has 1 unspecified atom stereocenters. The summed E-state index contributed by atoms with van der Waals surface area (Å²) in [7, 11) is -1.10. The van der Waals surface area contributed by atoms with Crippen LogP contribution in [0, 0.1) is 0 Å². The fraction of sp³-hybridized carbons (Fsp3) is 0.833. The Balaban J connectivity index is 4.28. The quantitative estimate of drug-likeness (QED) is 0.443. The minimum absolute atomic E-state index is 0.553. The average molecular weight is 229 g/mol. The van der Waals surface area contributed by atoms with Gasteiger partial charge in [-0.05, 0) is 33.6 Å². The third-order valence-corrected chi connectivity index (χ3v) is 4.44. The molecule has 89 valence electrons. The SMILES string of the molecule is C=C(C)CC(CCC)[Si](OCC)OCC. The average Bonchev–Trinajstić information content (AvgIpc) is 2.16. The van der Waals surface area contributed by atoms with Crippen molar-refractivity contribution in [1.82, 2.24) is 0 Å². The Morgan fingerprint density at radius 3 is 2.07 bits per heavy atom. The third-order valence-electron chi connectivity index (χ3n) is 2.14. The van der Waals surface area contributed by atoms with Crippen molar-refractivity contribution in [2.45, 2.75) is 52.5 Å². The van der Waals surface area contributed by atoms with Gasteiger partial charge in [-0.25, -0.2) is 0 Å². The highest BCUT2D eigenvalue weighted by Crippen LogP contribution is 2.26. The van der Waals surface area contributed by atoms with Crippen LogP contribution in [0.2, 0.25) is 5.54 Å². The molecule has 15 heavy (non-hydrogen) atoms. The summed E-state index contributed by atoms with van der Waals surface area (Å²) in [5.74, 6) is 0. The van der Waals surface area contributed by atoms with Crippen LogP contribution in [-0.2, 0) is 8.85 Å². The van der Waals surface area contributed by atoms with Crippen LogP contribution in [-0.4, -0.2) is 22.5 Å². The monoisotopic (exact) mass is 229 g/mol. The summed E-state index contributed by atoms with van der Waals surface area (Å²) < 4.78 is 11.5. The van der Waals surface area contributed by atoms with Crippen molar-refractivity contribution in [2.24, 2.45) is 0 Å². The molecule has 0 aliphatic rings. The van der Waals surface area contributed by atoms with Gasteiger partial charge in [0.1, 0.15) is 0 Å². The van der Waals surface area contributed by atoms with E-state index in [-0.39, 0.29) is 0 Å². The summed E-state index contributed by atoms with van der Waals surface area (Å²) >= 11 is 0. The minimum Gasteiger partial charge on any atom is -0.393 e. The van der Waals surface area contributed by atoms with Crippen LogP contribution in [0.3, 0.4) is 0 Å². The molecule has 0 fully saturated rings. The lowest BCUT2D eigenvalue weighted by molar-refractivity contribution is 0.201. The number of allylic oxidation sites excluding steroid dienone is 1. The highest BCUT2D eigenvalue weighted by Gasteiger charge is 2.26. The molecule has 1 radical (unpaired) electrons.